The Labute approximate surface area is 199 Å². The van der Waals surface area contributed by atoms with Gasteiger partial charge in [-0.1, -0.05) is 40.6 Å². The molecule has 0 radical (unpaired) electrons. The van der Waals surface area contributed by atoms with Crippen molar-refractivity contribution in [1.29, 1.82) is 0 Å². The Bertz CT molecular complexity index is 1520. The number of rotatable bonds is 4. The van der Waals surface area contributed by atoms with E-state index in [0.717, 1.165) is 5.56 Å². The SMILES string of the molecule is COc1ccc(-c2[nH][nH]c3c4cccc(NC(=O)N=NC(=O)Nc5ccccc5)c4c(O)c2-3)cc1. The molecular formula is C25H20N6O4. The van der Waals surface area contributed by atoms with Gasteiger partial charge in [0.05, 0.1) is 35.1 Å². The molecule has 4 amide bonds. The predicted molar refractivity (Wildman–Crippen MR) is 132 cm³/mol. The third-order valence-corrected chi connectivity index (χ3v) is 5.50. The Morgan fingerprint density at radius 2 is 1.51 bits per heavy atom. The number of benzene rings is 3. The van der Waals surface area contributed by atoms with Crippen molar-refractivity contribution in [1.82, 2.24) is 10.2 Å². The molecule has 2 aliphatic rings. The number of azo groups is 1. The number of nitrogens with one attached hydrogen (secondary N) is 4. The van der Waals surface area contributed by atoms with Crippen LogP contribution >= 0.6 is 0 Å². The van der Waals surface area contributed by atoms with Crippen molar-refractivity contribution in [2.45, 2.75) is 0 Å². The highest BCUT2D eigenvalue weighted by molar-refractivity contribution is 6.16. The number of hydrogen-bond acceptors (Lipinski definition) is 4. The van der Waals surface area contributed by atoms with Crippen LogP contribution in [0, 0.1) is 0 Å². The summed E-state index contributed by atoms with van der Waals surface area (Å²) in [5.74, 6) is 0.710. The van der Waals surface area contributed by atoms with Crippen LogP contribution in [0.3, 0.4) is 0 Å². The number of H-pyrrole nitrogens is 2. The first-order chi connectivity index (χ1) is 17.0. The average molecular weight is 468 g/mol. The molecule has 10 heteroatoms. The number of aromatic amines is 2. The molecule has 0 atom stereocenters. The van der Waals surface area contributed by atoms with Gasteiger partial charge in [0.1, 0.15) is 11.5 Å². The van der Waals surface area contributed by atoms with Crippen molar-refractivity contribution in [3.05, 3.63) is 72.8 Å². The first-order valence-electron chi connectivity index (χ1n) is 10.6. The second-order valence-electron chi connectivity index (χ2n) is 7.61. The van der Waals surface area contributed by atoms with Crippen molar-refractivity contribution >= 4 is 34.2 Å². The molecule has 1 aliphatic carbocycles. The Balaban J connectivity index is 1.42. The number of para-hydroxylation sites is 1. The quantitative estimate of drug-likeness (QED) is 0.200. The first kappa shape index (κ1) is 21.7. The third kappa shape index (κ3) is 4.15. The number of carbonyl (C=O) groups excluding carboxylic acids is 2. The van der Waals surface area contributed by atoms with Crippen molar-refractivity contribution in [2.24, 2.45) is 10.2 Å². The lowest BCUT2D eigenvalue weighted by Crippen LogP contribution is -2.09. The van der Waals surface area contributed by atoms with Gasteiger partial charge < -0.3 is 20.5 Å². The Kier molecular flexibility index (Phi) is 5.60. The third-order valence-electron chi connectivity index (χ3n) is 5.50. The normalized spacial score (nSPS) is 11.2. The number of aromatic hydroxyl groups is 1. The number of methoxy groups -OCH3 is 1. The smallest absolute Gasteiger partial charge is 0.364 e. The van der Waals surface area contributed by atoms with Crippen LogP contribution in [-0.4, -0.2) is 34.5 Å². The fourth-order valence-electron chi connectivity index (χ4n) is 3.93. The second-order valence-corrected chi connectivity index (χ2v) is 7.61. The summed E-state index contributed by atoms with van der Waals surface area (Å²) in [7, 11) is 1.59. The van der Waals surface area contributed by atoms with Crippen molar-refractivity contribution < 1.29 is 19.4 Å². The number of hydrogen-bond donors (Lipinski definition) is 5. The Morgan fingerprint density at radius 3 is 2.23 bits per heavy atom. The summed E-state index contributed by atoms with van der Waals surface area (Å²) in [6.45, 7) is 0. The monoisotopic (exact) mass is 468 g/mol. The number of anilines is 2. The maximum atomic E-state index is 12.4. The van der Waals surface area contributed by atoms with Gasteiger partial charge in [-0.15, -0.1) is 0 Å². The van der Waals surface area contributed by atoms with E-state index in [1.807, 2.05) is 36.4 Å². The number of carbonyl (C=O) groups is 2. The molecule has 0 fully saturated rings. The van der Waals surface area contributed by atoms with E-state index in [0.29, 0.717) is 44.8 Å². The number of fused-ring (bicyclic) bond motifs is 3. The molecule has 0 saturated heterocycles. The van der Waals surface area contributed by atoms with Crippen LogP contribution in [0.15, 0.2) is 83.0 Å². The zero-order chi connectivity index (χ0) is 24.4. The Hall–Kier alpha value is -5.12. The Morgan fingerprint density at radius 1 is 0.829 bits per heavy atom. The largest absolute Gasteiger partial charge is 0.506 e. The average Bonchev–Trinajstić information content (AvgIpc) is 3.44. The van der Waals surface area contributed by atoms with E-state index in [9.17, 15) is 14.7 Å². The highest BCUT2D eigenvalue weighted by Crippen LogP contribution is 2.49. The lowest BCUT2D eigenvalue weighted by atomic mass is 10.1. The zero-order valence-electron chi connectivity index (χ0n) is 18.5. The molecule has 5 N–H and O–H groups in total. The fourth-order valence-corrected chi connectivity index (χ4v) is 3.93. The van der Waals surface area contributed by atoms with Crippen LogP contribution in [0.5, 0.6) is 11.5 Å². The van der Waals surface area contributed by atoms with Crippen LogP contribution in [0.25, 0.3) is 33.3 Å². The minimum Gasteiger partial charge on any atom is -0.506 e. The maximum Gasteiger partial charge on any atom is 0.364 e. The lowest BCUT2D eigenvalue weighted by Gasteiger charge is -2.05. The van der Waals surface area contributed by atoms with Crippen molar-refractivity contribution in [3.8, 4) is 34.0 Å². The summed E-state index contributed by atoms with van der Waals surface area (Å²) in [5, 5.41) is 30.4. The van der Waals surface area contributed by atoms with E-state index in [1.165, 1.54) is 0 Å². The summed E-state index contributed by atoms with van der Waals surface area (Å²) >= 11 is 0. The summed E-state index contributed by atoms with van der Waals surface area (Å²) < 4.78 is 5.21. The van der Waals surface area contributed by atoms with Crippen molar-refractivity contribution in [2.75, 3.05) is 17.7 Å². The highest BCUT2D eigenvalue weighted by atomic mass is 16.5. The standard InChI is InChI=1S/C25H20N6O4/c1-35-16-12-10-14(11-13-16)21-20-22(29-28-21)17-8-5-9-18(19(17)23(20)32)27-25(34)31-30-24(33)26-15-6-3-2-4-7-15/h2-13,28-29,32H,1H3,(H,26,33)(H,27,34). The van der Waals surface area contributed by atoms with Gasteiger partial charge in [0, 0.05) is 16.6 Å². The van der Waals surface area contributed by atoms with Gasteiger partial charge in [0.2, 0.25) is 0 Å². The van der Waals surface area contributed by atoms with Crippen LogP contribution in [0.1, 0.15) is 0 Å². The van der Waals surface area contributed by atoms with Crippen LogP contribution < -0.4 is 15.4 Å². The molecule has 3 aromatic rings. The summed E-state index contributed by atoms with van der Waals surface area (Å²) in [5.41, 5.74) is 3.65. The highest BCUT2D eigenvalue weighted by Gasteiger charge is 2.26. The molecule has 5 rings (SSSR count). The summed E-state index contributed by atoms with van der Waals surface area (Å²) in [6.07, 6.45) is 0. The first-order valence-corrected chi connectivity index (χ1v) is 10.6. The van der Waals surface area contributed by atoms with Crippen LogP contribution in [-0.2, 0) is 0 Å². The zero-order valence-corrected chi connectivity index (χ0v) is 18.5. The number of aromatic nitrogens is 2. The molecule has 3 aromatic carbocycles. The lowest BCUT2D eigenvalue weighted by molar-refractivity contribution is 0.252. The van der Waals surface area contributed by atoms with Gasteiger partial charge in [-0.05, 0) is 42.5 Å². The number of ether oxygens (including phenoxy) is 1. The predicted octanol–water partition coefficient (Wildman–Crippen LogP) is 6.20. The molecule has 1 heterocycles. The second kappa shape index (κ2) is 9.02. The number of nitrogens with zero attached hydrogens (tertiary/aromatic N) is 2. The van der Waals surface area contributed by atoms with Gasteiger partial charge in [0.15, 0.2) is 0 Å². The van der Waals surface area contributed by atoms with E-state index in [2.05, 4.69) is 31.1 Å². The van der Waals surface area contributed by atoms with E-state index in [4.69, 9.17) is 4.74 Å². The molecule has 1 aliphatic heterocycles. The van der Waals surface area contributed by atoms with E-state index in [-0.39, 0.29) is 5.75 Å². The molecule has 0 bridgehead atoms. The van der Waals surface area contributed by atoms with E-state index in [1.54, 1.807) is 43.5 Å². The maximum absolute atomic E-state index is 12.4. The molecular weight excluding hydrogens is 448 g/mol. The molecule has 0 unspecified atom stereocenters. The minimum atomic E-state index is -0.855. The molecule has 174 valence electrons. The summed E-state index contributed by atoms with van der Waals surface area (Å²) in [6, 6.07) is 19.7. The molecule has 35 heavy (non-hydrogen) atoms. The molecule has 0 aromatic heterocycles. The van der Waals surface area contributed by atoms with Gasteiger partial charge in [-0.25, -0.2) is 9.59 Å². The number of urea groups is 2. The van der Waals surface area contributed by atoms with Crippen molar-refractivity contribution in [3.63, 3.8) is 0 Å². The van der Waals surface area contributed by atoms with Crippen LogP contribution in [0.4, 0.5) is 21.0 Å². The van der Waals surface area contributed by atoms with Gasteiger partial charge in [-0.2, -0.15) is 0 Å². The minimum absolute atomic E-state index is 0.00650. The molecule has 0 spiro atoms. The number of amides is 4. The van der Waals surface area contributed by atoms with Gasteiger partial charge >= 0.3 is 12.1 Å². The summed E-state index contributed by atoms with van der Waals surface area (Å²) in [4.78, 5) is 24.3. The van der Waals surface area contributed by atoms with Gasteiger partial charge in [0.25, 0.3) is 0 Å². The topological polar surface area (TPSA) is 144 Å². The molecule has 10 nitrogen and oxygen atoms in total. The van der Waals surface area contributed by atoms with E-state index < -0.39 is 12.1 Å². The van der Waals surface area contributed by atoms with E-state index >= 15 is 0 Å². The molecule has 0 saturated carbocycles. The fraction of sp³-hybridized carbons (Fsp3) is 0.0400. The van der Waals surface area contributed by atoms with Crippen LogP contribution in [0.2, 0.25) is 0 Å². The van der Waals surface area contributed by atoms with Gasteiger partial charge in [-0.3, -0.25) is 10.2 Å².